The van der Waals surface area contributed by atoms with Crippen LogP contribution < -0.4 is 4.74 Å². The lowest BCUT2D eigenvalue weighted by Gasteiger charge is -2.24. The van der Waals surface area contributed by atoms with Crippen molar-refractivity contribution in [2.24, 2.45) is 0 Å². The highest BCUT2D eigenvalue weighted by atomic mass is 16.5. The molecule has 0 saturated carbocycles. The van der Waals surface area contributed by atoms with Crippen LogP contribution in [-0.2, 0) is 29.9 Å². The summed E-state index contributed by atoms with van der Waals surface area (Å²) in [6.45, 7) is 7.91. The number of aromatic hydroxyl groups is 1. The maximum atomic E-state index is 11.3. The van der Waals surface area contributed by atoms with Crippen molar-refractivity contribution in [1.29, 1.82) is 0 Å². The molecule has 0 aliphatic carbocycles. The summed E-state index contributed by atoms with van der Waals surface area (Å²) in [5, 5.41) is 9.35. The Morgan fingerprint density at radius 2 is 1.18 bits per heavy atom. The predicted octanol–water partition coefficient (Wildman–Crippen LogP) is 6.04. The second-order valence-corrected chi connectivity index (χ2v) is 8.56. The summed E-state index contributed by atoms with van der Waals surface area (Å²) in [5.41, 5.74) is 1.41. The molecule has 1 N–H and O–H groups in total. The number of ether oxygens (including phenoxy) is 3. The van der Waals surface area contributed by atoms with Crippen molar-refractivity contribution in [3.8, 4) is 11.5 Å². The quantitative estimate of drug-likeness (QED) is 0.505. The summed E-state index contributed by atoms with van der Waals surface area (Å²) in [4.78, 5) is 22.5. The van der Waals surface area contributed by atoms with Gasteiger partial charge in [-0.25, -0.2) is 0 Å². The van der Waals surface area contributed by atoms with E-state index in [2.05, 4.69) is 4.74 Å². The van der Waals surface area contributed by atoms with E-state index in [0.29, 0.717) is 12.8 Å². The molecule has 0 aliphatic rings. The van der Waals surface area contributed by atoms with Gasteiger partial charge in [0.15, 0.2) is 0 Å². The average Bonchev–Trinajstić information content (AvgIpc) is 2.73. The first-order valence-electron chi connectivity index (χ1n) is 10.0. The number of phenols is 1. The van der Waals surface area contributed by atoms with Gasteiger partial charge in [-0.15, -0.1) is 0 Å². The van der Waals surface area contributed by atoms with E-state index < -0.39 is 0 Å². The molecule has 0 atom stereocenters. The lowest BCUT2D eigenvalue weighted by molar-refractivity contribution is -0.142. The molecular weight excluding hydrogens is 420 g/mol. The van der Waals surface area contributed by atoms with E-state index in [0.717, 1.165) is 16.9 Å². The second-order valence-electron chi connectivity index (χ2n) is 8.56. The van der Waals surface area contributed by atoms with Crippen LogP contribution in [0.15, 0.2) is 48.5 Å². The molecule has 0 saturated heterocycles. The van der Waals surface area contributed by atoms with E-state index in [9.17, 15) is 14.7 Å². The van der Waals surface area contributed by atoms with E-state index in [1.807, 2.05) is 58.0 Å². The lowest BCUT2D eigenvalue weighted by Crippen LogP contribution is -2.22. The molecule has 0 amide bonds. The van der Waals surface area contributed by atoms with Crippen LogP contribution in [0.4, 0.5) is 0 Å². The van der Waals surface area contributed by atoms with Gasteiger partial charge in [-0.3, -0.25) is 9.59 Å². The zero-order valence-corrected chi connectivity index (χ0v) is 19.5. The summed E-state index contributed by atoms with van der Waals surface area (Å²) in [5.74, 6) is 0.567. The minimum atomic E-state index is -0.328. The third-order valence-corrected chi connectivity index (χ3v) is 5.11. The van der Waals surface area contributed by atoms with E-state index in [1.54, 1.807) is 25.3 Å². The minimum Gasteiger partial charge on any atom is -0.508 e. The maximum absolute atomic E-state index is 11.3. The van der Waals surface area contributed by atoms with Crippen LogP contribution in [0, 0.1) is 0 Å². The Morgan fingerprint density at radius 1 is 0.758 bits per heavy atom. The molecule has 0 radical (unpaired) electrons. The summed E-state index contributed by atoms with van der Waals surface area (Å²) < 4.78 is 14.5. The summed E-state index contributed by atoms with van der Waals surface area (Å²) >= 11 is 0. The SMILES string of the molecule is C.C.COC(=O)CC(C)(C)c1cccc(O)c1.COC(=O)CC(C)(C)c1cccc(OC)c1. The van der Waals surface area contributed by atoms with Crippen LogP contribution >= 0.6 is 0 Å². The zero-order chi connectivity index (χ0) is 23.7. The Labute approximate surface area is 199 Å². The van der Waals surface area contributed by atoms with E-state index in [1.165, 1.54) is 14.2 Å². The number of phenolic OH excluding ortho intramolecular Hbond substituents is 1. The van der Waals surface area contributed by atoms with Gasteiger partial charge in [-0.1, -0.05) is 66.8 Å². The normalized spacial score (nSPS) is 10.4. The molecule has 6 heteroatoms. The van der Waals surface area contributed by atoms with Crippen LogP contribution in [0.3, 0.4) is 0 Å². The molecule has 0 spiro atoms. The van der Waals surface area contributed by atoms with E-state index >= 15 is 0 Å². The number of hydrogen-bond donors (Lipinski definition) is 1. The van der Waals surface area contributed by atoms with Gasteiger partial charge in [0.25, 0.3) is 0 Å². The van der Waals surface area contributed by atoms with Crippen molar-refractivity contribution in [2.45, 2.75) is 66.2 Å². The number of methoxy groups -OCH3 is 3. The van der Waals surface area contributed by atoms with Crippen molar-refractivity contribution < 1.29 is 28.9 Å². The molecule has 0 aromatic heterocycles. The second kappa shape index (κ2) is 14.2. The highest BCUT2D eigenvalue weighted by molar-refractivity contribution is 5.71. The molecule has 2 aromatic rings. The van der Waals surface area contributed by atoms with Gasteiger partial charge in [0.05, 0.1) is 34.2 Å². The van der Waals surface area contributed by atoms with Crippen LogP contribution in [0.2, 0.25) is 0 Å². The standard InChI is InChI=1S/C13H18O3.C12H16O3.2CH4/c1-13(2,9-12(14)16-4)10-6-5-7-11(8-10)15-3;1-12(2,8-11(14)15-3)9-5-4-6-10(13)7-9;;/h5-8H,9H2,1-4H3;4-7,13H,8H2,1-3H3;2*1H4. The number of esters is 2. The van der Waals surface area contributed by atoms with Crippen LogP contribution in [-0.4, -0.2) is 38.4 Å². The van der Waals surface area contributed by atoms with Crippen LogP contribution in [0.1, 0.15) is 66.5 Å². The van der Waals surface area contributed by atoms with Gasteiger partial charge >= 0.3 is 11.9 Å². The number of hydrogen-bond acceptors (Lipinski definition) is 6. The molecule has 2 aromatic carbocycles. The van der Waals surface area contributed by atoms with Crippen molar-refractivity contribution in [2.75, 3.05) is 21.3 Å². The van der Waals surface area contributed by atoms with Crippen molar-refractivity contribution in [3.63, 3.8) is 0 Å². The van der Waals surface area contributed by atoms with Crippen molar-refractivity contribution in [3.05, 3.63) is 59.7 Å². The largest absolute Gasteiger partial charge is 0.508 e. The monoisotopic (exact) mass is 462 g/mol. The lowest BCUT2D eigenvalue weighted by atomic mass is 9.81. The summed E-state index contributed by atoms with van der Waals surface area (Å²) in [7, 11) is 4.41. The number of carbonyl (C=O) groups excluding carboxylic acids is 2. The third-order valence-electron chi connectivity index (χ3n) is 5.11. The van der Waals surface area contributed by atoms with Crippen molar-refractivity contribution >= 4 is 11.9 Å². The smallest absolute Gasteiger partial charge is 0.306 e. The molecule has 0 bridgehead atoms. The van der Waals surface area contributed by atoms with Gasteiger partial charge in [0.1, 0.15) is 11.5 Å². The predicted molar refractivity (Wildman–Crippen MR) is 134 cm³/mol. The summed E-state index contributed by atoms with van der Waals surface area (Å²) in [6, 6.07) is 14.7. The van der Waals surface area contributed by atoms with Crippen LogP contribution in [0.5, 0.6) is 11.5 Å². The molecular formula is C27H42O6. The van der Waals surface area contributed by atoms with Gasteiger partial charge in [-0.05, 0) is 35.4 Å². The molecule has 0 heterocycles. The molecule has 0 aliphatic heterocycles. The Balaban J connectivity index is 0. The molecule has 33 heavy (non-hydrogen) atoms. The fourth-order valence-corrected chi connectivity index (χ4v) is 3.04. The highest BCUT2D eigenvalue weighted by Gasteiger charge is 2.26. The number of benzene rings is 2. The Bertz CT molecular complexity index is 870. The fraction of sp³-hybridized carbons (Fsp3) is 0.481. The van der Waals surface area contributed by atoms with Gasteiger partial charge in [0.2, 0.25) is 0 Å². The topological polar surface area (TPSA) is 82.1 Å². The van der Waals surface area contributed by atoms with E-state index in [4.69, 9.17) is 9.47 Å². The molecule has 0 unspecified atom stereocenters. The van der Waals surface area contributed by atoms with Gasteiger partial charge in [0, 0.05) is 10.8 Å². The van der Waals surface area contributed by atoms with Gasteiger partial charge < -0.3 is 19.3 Å². The molecule has 0 fully saturated rings. The van der Waals surface area contributed by atoms with Gasteiger partial charge in [-0.2, -0.15) is 0 Å². The first-order valence-corrected chi connectivity index (χ1v) is 10.0. The Hall–Kier alpha value is -3.02. The van der Waals surface area contributed by atoms with Crippen molar-refractivity contribution in [1.82, 2.24) is 0 Å². The first kappa shape index (κ1) is 32.2. The molecule has 2 rings (SSSR count). The third kappa shape index (κ3) is 10.4. The zero-order valence-electron chi connectivity index (χ0n) is 19.5. The highest BCUT2D eigenvalue weighted by Crippen LogP contribution is 2.30. The fourth-order valence-electron chi connectivity index (χ4n) is 3.04. The van der Waals surface area contributed by atoms with E-state index in [-0.39, 0.29) is 43.4 Å². The van der Waals surface area contributed by atoms with Crippen LogP contribution in [0.25, 0.3) is 0 Å². The minimum absolute atomic E-state index is 0. The molecule has 186 valence electrons. The maximum Gasteiger partial charge on any atom is 0.306 e. The summed E-state index contributed by atoms with van der Waals surface area (Å²) in [6.07, 6.45) is 0.656. The number of carbonyl (C=O) groups is 2. The number of rotatable bonds is 7. The Morgan fingerprint density at radius 3 is 1.58 bits per heavy atom. The average molecular weight is 463 g/mol. The first-order chi connectivity index (χ1) is 14.4. The molecule has 6 nitrogen and oxygen atoms in total. The Kier molecular flexibility index (Phi) is 13.8.